The van der Waals surface area contributed by atoms with Gasteiger partial charge in [0.05, 0.1) is 13.3 Å². The van der Waals surface area contributed by atoms with Crippen molar-refractivity contribution in [2.24, 2.45) is 5.10 Å². The molecule has 198 valence electrons. The highest BCUT2D eigenvalue weighted by atomic mass is 16.5. The Kier molecular flexibility index (Phi) is 9.99. The molecular weight excluding hydrogens is 484 g/mol. The molecule has 3 rings (SSSR count). The molecular formula is C29H32N4O5. The number of carbonyl (C=O) groups excluding carboxylic acids is 3. The number of nitrogens with zero attached hydrogens (tertiary/aromatic N) is 1. The SMILES string of the molecule is COc1cc(/C=N\NC(=O)C(=O)NCc2ccc(C(C)C)cc2)ccc1OCC(=O)Nc1ccc(C)cc1. The van der Waals surface area contributed by atoms with E-state index >= 15 is 0 Å². The lowest BCUT2D eigenvalue weighted by Crippen LogP contribution is -2.37. The molecule has 0 heterocycles. The molecule has 0 saturated carbocycles. The Labute approximate surface area is 222 Å². The van der Waals surface area contributed by atoms with Crippen LogP contribution in [0.4, 0.5) is 5.69 Å². The number of benzene rings is 3. The predicted molar refractivity (Wildman–Crippen MR) is 146 cm³/mol. The first kappa shape index (κ1) is 27.9. The predicted octanol–water partition coefficient (Wildman–Crippen LogP) is 3.91. The van der Waals surface area contributed by atoms with Gasteiger partial charge in [-0.1, -0.05) is 55.8 Å². The number of ether oxygens (including phenoxy) is 2. The van der Waals surface area contributed by atoms with Gasteiger partial charge in [-0.25, -0.2) is 5.43 Å². The zero-order valence-corrected chi connectivity index (χ0v) is 21.9. The first-order valence-electron chi connectivity index (χ1n) is 12.1. The van der Waals surface area contributed by atoms with Crippen LogP contribution >= 0.6 is 0 Å². The Morgan fingerprint density at radius 2 is 1.63 bits per heavy atom. The maximum absolute atomic E-state index is 12.2. The largest absolute Gasteiger partial charge is 0.493 e. The minimum Gasteiger partial charge on any atom is -0.493 e. The minimum absolute atomic E-state index is 0.204. The number of nitrogens with one attached hydrogen (secondary N) is 3. The topological polar surface area (TPSA) is 118 Å². The van der Waals surface area contributed by atoms with Crippen LogP contribution in [-0.2, 0) is 20.9 Å². The molecule has 0 saturated heterocycles. The lowest BCUT2D eigenvalue weighted by Gasteiger charge is -2.11. The van der Waals surface area contributed by atoms with Gasteiger partial charge in [-0.2, -0.15) is 5.10 Å². The fourth-order valence-corrected chi connectivity index (χ4v) is 3.36. The maximum Gasteiger partial charge on any atom is 0.329 e. The molecule has 38 heavy (non-hydrogen) atoms. The number of hydrogen-bond acceptors (Lipinski definition) is 6. The third-order valence-corrected chi connectivity index (χ3v) is 5.57. The summed E-state index contributed by atoms with van der Waals surface area (Å²) in [6.07, 6.45) is 1.37. The number of hydrazone groups is 1. The van der Waals surface area contributed by atoms with Gasteiger partial charge >= 0.3 is 11.8 Å². The first-order valence-corrected chi connectivity index (χ1v) is 12.1. The van der Waals surface area contributed by atoms with Gasteiger partial charge in [-0.3, -0.25) is 14.4 Å². The van der Waals surface area contributed by atoms with E-state index in [4.69, 9.17) is 9.47 Å². The van der Waals surface area contributed by atoms with Crippen molar-refractivity contribution in [1.82, 2.24) is 10.7 Å². The molecule has 3 amide bonds. The normalized spacial score (nSPS) is 10.8. The van der Waals surface area contributed by atoms with Crippen molar-refractivity contribution in [3.63, 3.8) is 0 Å². The molecule has 3 N–H and O–H groups in total. The molecule has 0 aliphatic heterocycles. The Balaban J connectivity index is 1.47. The van der Waals surface area contributed by atoms with Crippen LogP contribution in [0.25, 0.3) is 0 Å². The molecule has 0 bridgehead atoms. The van der Waals surface area contributed by atoms with Crippen molar-refractivity contribution in [1.29, 1.82) is 0 Å². The molecule has 9 nitrogen and oxygen atoms in total. The van der Waals surface area contributed by atoms with E-state index in [0.717, 1.165) is 11.1 Å². The van der Waals surface area contributed by atoms with Crippen LogP contribution in [0.1, 0.15) is 42.0 Å². The van der Waals surface area contributed by atoms with E-state index in [9.17, 15) is 14.4 Å². The standard InChI is InChI=1S/C29H32N4O5/c1-19(2)23-10-7-21(8-11-23)16-30-28(35)29(36)33-31-17-22-9-14-25(26(15-22)37-4)38-18-27(34)32-24-12-5-20(3)6-13-24/h5-15,17,19H,16,18H2,1-4H3,(H,30,35)(H,32,34)(H,33,36)/b31-17-. The zero-order chi connectivity index (χ0) is 27.5. The van der Waals surface area contributed by atoms with Crippen molar-refractivity contribution in [2.75, 3.05) is 19.0 Å². The minimum atomic E-state index is -0.883. The summed E-state index contributed by atoms with van der Waals surface area (Å²) in [6, 6.07) is 20.2. The highest BCUT2D eigenvalue weighted by molar-refractivity contribution is 6.35. The molecule has 3 aromatic carbocycles. The molecule has 0 fully saturated rings. The van der Waals surface area contributed by atoms with Crippen LogP contribution in [0.15, 0.2) is 71.8 Å². The summed E-state index contributed by atoms with van der Waals surface area (Å²) in [5.74, 6) is -0.818. The number of rotatable bonds is 10. The summed E-state index contributed by atoms with van der Waals surface area (Å²) in [4.78, 5) is 36.3. The highest BCUT2D eigenvalue weighted by Gasteiger charge is 2.13. The number of aryl methyl sites for hydroxylation is 1. The number of methoxy groups -OCH3 is 1. The maximum atomic E-state index is 12.2. The van der Waals surface area contributed by atoms with Crippen LogP contribution in [0.2, 0.25) is 0 Å². The lowest BCUT2D eigenvalue weighted by atomic mass is 10.0. The van der Waals surface area contributed by atoms with Gasteiger partial charge in [0.25, 0.3) is 5.91 Å². The molecule has 3 aromatic rings. The summed E-state index contributed by atoms with van der Waals surface area (Å²) < 4.78 is 10.9. The van der Waals surface area contributed by atoms with Gasteiger partial charge in [-0.15, -0.1) is 0 Å². The van der Waals surface area contributed by atoms with Crippen molar-refractivity contribution < 1.29 is 23.9 Å². The van der Waals surface area contributed by atoms with Gasteiger partial charge in [0.2, 0.25) is 0 Å². The average molecular weight is 517 g/mol. The van der Waals surface area contributed by atoms with E-state index in [0.29, 0.717) is 28.7 Å². The van der Waals surface area contributed by atoms with Crippen LogP contribution < -0.4 is 25.5 Å². The van der Waals surface area contributed by atoms with Gasteiger partial charge in [0.15, 0.2) is 18.1 Å². The molecule has 0 unspecified atom stereocenters. The van der Waals surface area contributed by atoms with E-state index in [2.05, 4.69) is 35.0 Å². The Morgan fingerprint density at radius 1 is 0.921 bits per heavy atom. The van der Waals surface area contributed by atoms with E-state index in [1.165, 1.54) is 18.9 Å². The van der Waals surface area contributed by atoms with Crippen LogP contribution in [0, 0.1) is 6.92 Å². The number of amides is 3. The number of hydrogen-bond donors (Lipinski definition) is 3. The van der Waals surface area contributed by atoms with Crippen LogP contribution in [0.3, 0.4) is 0 Å². The first-order chi connectivity index (χ1) is 18.2. The Morgan fingerprint density at radius 3 is 2.29 bits per heavy atom. The van der Waals surface area contributed by atoms with E-state index in [1.54, 1.807) is 18.2 Å². The van der Waals surface area contributed by atoms with Gasteiger partial charge in [0, 0.05) is 12.2 Å². The van der Waals surface area contributed by atoms with Crippen molar-refractivity contribution >= 4 is 29.6 Å². The summed E-state index contributed by atoms with van der Waals surface area (Å²) in [7, 11) is 1.47. The molecule has 0 aromatic heterocycles. The quantitative estimate of drug-likeness (QED) is 0.215. The summed E-state index contributed by atoms with van der Waals surface area (Å²) in [6.45, 7) is 6.21. The van der Waals surface area contributed by atoms with E-state index in [-0.39, 0.29) is 19.1 Å². The second kappa shape index (κ2) is 13.6. The fraction of sp³-hybridized carbons (Fsp3) is 0.241. The van der Waals surface area contributed by atoms with E-state index in [1.807, 2.05) is 55.5 Å². The summed E-state index contributed by atoms with van der Waals surface area (Å²) in [5.41, 5.74) is 6.66. The van der Waals surface area contributed by atoms with Crippen LogP contribution in [-0.4, -0.2) is 37.7 Å². The Bertz CT molecular complexity index is 1290. The van der Waals surface area contributed by atoms with Gasteiger partial charge in [0.1, 0.15) is 0 Å². The monoisotopic (exact) mass is 516 g/mol. The van der Waals surface area contributed by atoms with Gasteiger partial charge in [-0.05, 0) is 59.9 Å². The van der Waals surface area contributed by atoms with E-state index < -0.39 is 11.8 Å². The van der Waals surface area contributed by atoms with Gasteiger partial charge < -0.3 is 20.1 Å². The Hall–Kier alpha value is -4.66. The highest BCUT2D eigenvalue weighted by Crippen LogP contribution is 2.27. The third-order valence-electron chi connectivity index (χ3n) is 5.57. The molecule has 0 radical (unpaired) electrons. The van der Waals surface area contributed by atoms with Crippen LogP contribution in [0.5, 0.6) is 11.5 Å². The summed E-state index contributed by atoms with van der Waals surface area (Å²) in [5, 5.41) is 9.16. The summed E-state index contributed by atoms with van der Waals surface area (Å²) >= 11 is 0. The second-order valence-corrected chi connectivity index (χ2v) is 8.89. The molecule has 9 heteroatoms. The molecule has 0 atom stereocenters. The van der Waals surface area contributed by atoms with Crippen molar-refractivity contribution in [2.45, 2.75) is 33.2 Å². The number of anilines is 1. The number of carbonyl (C=O) groups is 3. The molecule has 0 spiro atoms. The smallest absolute Gasteiger partial charge is 0.329 e. The molecule has 0 aliphatic rings. The lowest BCUT2D eigenvalue weighted by molar-refractivity contribution is -0.139. The zero-order valence-electron chi connectivity index (χ0n) is 21.9. The van der Waals surface area contributed by atoms with Crippen molar-refractivity contribution in [3.8, 4) is 11.5 Å². The van der Waals surface area contributed by atoms with Crippen molar-refractivity contribution in [3.05, 3.63) is 89.0 Å². The second-order valence-electron chi connectivity index (χ2n) is 8.89. The fourth-order valence-electron chi connectivity index (χ4n) is 3.36. The molecule has 0 aliphatic carbocycles. The average Bonchev–Trinajstić information content (AvgIpc) is 2.92. The third kappa shape index (κ3) is 8.48.